The van der Waals surface area contributed by atoms with Gasteiger partial charge < -0.3 is 14.7 Å². The highest BCUT2D eigenvalue weighted by atomic mass is 16.5. The van der Waals surface area contributed by atoms with Crippen molar-refractivity contribution in [3.05, 3.63) is 0 Å². The molecular weight excluding hydrogens is 246 g/mol. The summed E-state index contributed by atoms with van der Waals surface area (Å²) >= 11 is 0. The summed E-state index contributed by atoms with van der Waals surface area (Å²) in [5.41, 5.74) is 0. The largest absolute Gasteiger partial charge is 0.480 e. The van der Waals surface area contributed by atoms with E-state index < -0.39 is 12.0 Å². The minimum absolute atomic E-state index is 0.0266. The standard InChI is InChI=1S/C14H23NO4/c1-10-5-2-3-7-12(10)19-9-13(16)15-8-4-6-11(15)14(17)18/h10-12H,2-9H2,1H3,(H,17,18)/t10?,11-,12?/m1/s1. The lowest BCUT2D eigenvalue weighted by molar-refractivity contribution is -0.151. The number of carbonyl (C=O) groups is 2. The summed E-state index contributed by atoms with van der Waals surface area (Å²) in [6, 6.07) is -0.653. The van der Waals surface area contributed by atoms with E-state index in [0.717, 1.165) is 25.7 Å². The smallest absolute Gasteiger partial charge is 0.326 e. The topological polar surface area (TPSA) is 66.8 Å². The van der Waals surface area contributed by atoms with Crippen molar-refractivity contribution in [2.24, 2.45) is 5.92 Å². The fourth-order valence-corrected chi connectivity index (χ4v) is 3.11. The van der Waals surface area contributed by atoms with Crippen LogP contribution in [0, 0.1) is 5.92 Å². The summed E-state index contributed by atoms with van der Waals surface area (Å²) in [6.45, 7) is 2.72. The van der Waals surface area contributed by atoms with Crippen molar-refractivity contribution in [2.45, 2.75) is 57.6 Å². The number of amides is 1. The van der Waals surface area contributed by atoms with Crippen molar-refractivity contribution in [1.29, 1.82) is 0 Å². The van der Waals surface area contributed by atoms with Gasteiger partial charge in [-0.15, -0.1) is 0 Å². The normalized spacial score (nSPS) is 31.4. The highest BCUT2D eigenvalue weighted by molar-refractivity contribution is 5.84. The molecule has 19 heavy (non-hydrogen) atoms. The quantitative estimate of drug-likeness (QED) is 0.843. The molecule has 0 radical (unpaired) electrons. The molecule has 3 atom stereocenters. The Bertz CT molecular complexity index is 344. The van der Waals surface area contributed by atoms with E-state index in [1.165, 1.54) is 11.3 Å². The molecule has 2 aliphatic rings. The van der Waals surface area contributed by atoms with Gasteiger partial charge in [0.05, 0.1) is 6.10 Å². The van der Waals surface area contributed by atoms with Crippen molar-refractivity contribution in [2.75, 3.05) is 13.2 Å². The number of ether oxygens (including phenoxy) is 1. The monoisotopic (exact) mass is 269 g/mol. The highest BCUT2D eigenvalue weighted by Gasteiger charge is 2.34. The lowest BCUT2D eigenvalue weighted by Gasteiger charge is -2.29. The van der Waals surface area contributed by atoms with Crippen molar-refractivity contribution in [3.8, 4) is 0 Å². The minimum atomic E-state index is -0.906. The summed E-state index contributed by atoms with van der Waals surface area (Å²) in [7, 11) is 0. The van der Waals surface area contributed by atoms with Gasteiger partial charge in [-0.3, -0.25) is 4.79 Å². The SMILES string of the molecule is CC1CCCCC1OCC(=O)N1CCC[C@@H]1C(=O)O. The van der Waals surface area contributed by atoms with Crippen LogP contribution in [0.2, 0.25) is 0 Å². The van der Waals surface area contributed by atoms with Crippen LogP contribution in [0.3, 0.4) is 0 Å². The molecule has 1 amide bonds. The molecule has 2 fully saturated rings. The molecular formula is C14H23NO4. The maximum atomic E-state index is 12.0. The molecule has 5 heteroatoms. The molecule has 0 aromatic heterocycles. The fourth-order valence-electron chi connectivity index (χ4n) is 3.11. The van der Waals surface area contributed by atoms with Crippen LogP contribution in [0.15, 0.2) is 0 Å². The predicted molar refractivity (Wildman–Crippen MR) is 69.7 cm³/mol. The van der Waals surface area contributed by atoms with Crippen molar-refractivity contribution >= 4 is 11.9 Å². The second kappa shape index (κ2) is 6.37. The highest BCUT2D eigenvalue weighted by Crippen LogP contribution is 2.26. The summed E-state index contributed by atoms with van der Waals surface area (Å²) < 4.78 is 5.71. The molecule has 0 spiro atoms. The molecule has 0 aromatic rings. The van der Waals surface area contributed by atoms with E-state index in [1.54, 1.807) is 0 Å². The average Bonchev–Trinajstić information content (AvgIpc) is 2.87. The molecule has 0 aromatic carbocycles. The molecule has 1 aliphatic carbocycles. The van der Waals surface area contributed by atoms with Gasteiger partial charge in [0.15, 0.2) is 0 Å². The van der Waals surface area contributed by atoms with Gasteiger partial charge in [0.2, 0.25) is 5.91 Å². The van der Waals surface area contributed by atoms with Crippen LogP contribution in [0.25, 0.3) is 0 Å². The Balaban J connectivity index is 1.82. The third-order valence-electron chi connectivity index (χ3n) is 4.31. The van der Waals surface area contributed by atoms with E-state index in [1.807, 2.05) is 0 Å². The first-order valence-electron chi connectivity index (χ1n) is 7.23. The molecule has 2 rings (SSSR count). The Kier molecular flexibility index (Phi) is 4.80. The molecule has 1 aliphatic heterocycles. The van der Waals surface area contributed by atoms with E-state index >= 15 is 0 Å². The van der Waals surface area contributed by atoms with Crippen LogP contribution in [-0.4, -0.2) is 47.2 Å². The number of carbonyl (C=O) groups excluding carboxylic acids is 1. The van der Waals surface area contributed by atoms with Crippen molar-refractivity contribution < 1.29 is 19.4 Å². The second-order valence-electron chi connectivity index (χ2n) is 5.69. The third kappa shape index (κ3) is 3.47. The van der Waals surface area contributed by atoms with E-state index in [2.05, 4.69) is 6.92 Å². The van der Waals surface area contributed by atoms with Crippen LogP contribution >= 0.6 is 0 Å². The minimum Gasteiger partial charge on any atom is -0.480 e. The summed E-state index contributed by atoms with van der Waals surface area (Å²) in [6.07, 6.45) is 6.04. The molecule has 0 bridgehead atoms. The zero-order valence-electron chi connectivity index (χ0n) is 11.5. The van der Waals surface area contributed by atoms with Crippen LogP contribution in [0.4, 0.5) is 0 Å². The van der Waals surface area contributed by atoms with E-state index in [-0.39, 0.29) is 18.6 Å². The van der Waals surface area contributed by atoms with E-state index in [9.17, 15) is 9.59 Å². The maximum Gasteiger partial charge on any atom is 0.326 e. The van der Waals surface area contributed by atoms with Crippen molar-refractivity contribution in [3.63, 3.8) is 0 Å². The molecule has 1 saturated carbocycles. The molecule has 1 saturated heterocycles. The van der Waals surface area contributed by atoms with Gasteiger partial charge in [0.1, 0.15) is 12.6 Å². The number of rotatable bonds is 4. The maximum absolute atomic E-state index is 12.0. The molecule has 1 N–H and O–H groups in total. The van der Waals surface area contributed by atoms with E-state index in [0.29, 0.717) is 18.9 Å². The first-order valence-corrected chi connectivity index (χ1v) is 7.23. The Morgan fingerprint density at radius 3 is 2.63 bits per heavy atom. The summed E-state index contributed by atoms with van der Waals surface area (Å²) in [5.74, 6) is -0.588. The second-order valence-corrected chi connectivity index (χ2v) is 5.69. The summed E-state index contributed by atoms with van der Waals surface area (Å²) in [5, 5.41) is 9.06. The van der Waals surface area contributed by atoms with Crippen LogP contribution in [0.1, 0.15) is 45.4 Å². The average molecular weight is 269 g/mol. The number of carboxylic acids is 1. The van der Waals surface area contributed by atoms with Gasteiger partial charge in [-0.1, -0.05) is 19.8 Å². The Morgan fingerprint density at radius 2 is 1.95 bits per heavy atom. The number of nitrogens with zero attached hydrogens (tertiary/aromatic N) is 1. The Morgan fingerprint density at radius 1 is 1.21 bits per heavy atom. The third-order valence-corrected chi connectivity index (χ3v) is 4.31. The van der Waals surface area contributed by atoms with Crippen LogP contribution in [0.5, 0.6) is 0 Å². The molecule has 108 valence electrons. The molecule has 2 unspecified atom stereocenters. The van der Waals surface area contributed by atoms with Crippen molar-refractivity contribution in [1.82, 2.24) is 4.90 Å². The lowest BCUT2D eigenvalue weighted by Crippen LogP contribution is -2.43. The first-order chi connectivity index (χ1) is 9.09. The zero-order chi connectivity index (χ0) is 13.8. The number of hydrogen-bond donors (Lipinski definition) is 1. The number of aliphatic carboxylic acids is 1. The predicted octanol–water partition coefficient (Wildman–Crippen LogP) is 1.66. The Hall–Kier alpha value is -1.10. The number of likely N-dealkylation sites (tertiary alicyclic amines) is 1. The lowest BCUT2D eigenvalue weighted by atomic mass is 9.88. The van der Waals surface area contributed by atoms with Gasteiger partial charge in [-0.05, 0) is 31.6 Å². The van der Waals surface area contributed by atoms with Gasteiger partial charge >= 0.3 is 5.97 Å². The molecule has 5 nitrogen and oxygen atoms in total. The van der Waals surface area contributed by atoms with Gasteiger partial charge in [-0.2, -0.15) is 0 Å². The van der Waals surface area contributed by atoms with Crippen LogP contribution in [-0.2, 0) is 14.3 Å². The van der Waals surface area contributed by atoms with Gasteiger partial charge in [0.25, 0.3) is 0 Å². The van der Waals surface area contributed by atoms with E-state index in [4.69, 9.17) is 9.84 Å². The number of carboxylic acid groups (broad SMARTS) is 1. The number of hydrogen-bond acceptors (Lipinski definition) is 3. The van der Waals surface area contributed by atoms with Crippen LogP contribution < -0.4 is 0 Å². The fraction of sp³-hybridized carbons (Fsp3) is 0.857. The Labute approximate surface area is 113 Å². The zero-order valence-corrected chi connectivity index (χ0v) is 11.5. The summed E-state index contributed by atoms with van der Waals surface area (Å²) in [4.78, 5) is 24.5. The van der Waals surface area contributed by atoms with Gasteiger partial charge in [0, 0.05) is 6.54 Å². The molecule has 1 heterocycles. The first kappa shape index (κ1) is 14.3. The van der Waals surface area contributed by atoms with Gasteiger partial charge in [-0.25, -0.2) is 4.79 Å².